The first-order valence-electron chi connectivity index (χ1n) is 12.4. The van der Waals surface area contributed by atoms with E-state index in [1.54, 1.807) is 0 Å². The van der Waals surface area contributed by atoms with Crippen LogP contribution in [0.25, 0.3) is 32.3 Å². The first-order chi connectivity index (χ1) is 21.4. The summed E-state index contributed by atoms with van der Waals surface area (Å²) in [5.74, 6) is -20.1. The van der Waals surface area contributed by atoms with E-state index in [2.05, 4.69) is 0 Å². The van der Waals surface area contributed by atoms with Gasteiger partial charge in [0.2, 0.25) is 0 Å². The summed E-state index contributed by atoms with van der Waals surface area (Å²) in [6, 6.07) is 6.66. The van der Waals surface area contributed by atoms with Gasteiger partial charge in [-0.2, -0.15) is 0 Å². The lowest BCUT2D eigenvalue weighted by Gasteiger charge is -2.20. The highest BCUT2D eigenvalue weighted by atomic mass is 19.2. The molecule has 6 aromatic carbocycles. The predicted octanol–water partition coefficient (Wildman–Crippen LogP) is 9.20. The Labute approximate surface area is 244 Å². The van der Waals surface area contributed by atoms with E-state index < -0.39 is 121 Å². The van der Waals surface area contributed by atoms with Crippen molar-refractivity contribution in [1.82, 2.24) is 0 Å². The molecule has 0 saturated heterocycles. The Hall–Kier alpha value is -5.21. The molecule has 0 aliphatic heterocycles. The third kappa shape index (κ3) is 4.97. The van der Waals surface area contributed by atoms with E-state index in [-0.39, 0.29) is 0 Å². The van der Waals surface area contributed by atoms with Crippen molar-refractivity contribution in [3.63, 3.8) is 0 Å². The maximum absolute atomic E-state index is 14.5. The van der Waals surface area contributed by atoms with E-state index >= 15 is 0 Å². The maximum atomic E-state index is 14.5. The highest BCUT2D eigenvalue weighted by Gasteiger charge is 2.34. The monoisotopic (exact) mass is 638 g/mol. The number of hydrogen-bond acceptors (Lipinski definition) is 3. The number of rotatable bonds is 6. The zero-order chi connectivity index (χ0) is 32.3. The molecule has 0 unspecified atom stereocenters. The number of benzene rings is 6. The topological polar surface area (TPSA) is 27.7 Å². The number of fused-ring (bicyclic) bond motifs is 3. The van der Waals surface area contributed by atoms with Gasteiger partial charge in [0.25, 0.3) is 0 Å². The van der Waals surface area contributed by atoms with Crippen LogP contribution in [0, 0.1) is 64.0 Å². The third-order valence-corrected chi connectivity index (χ3v) is 6.74. The molecule has 15 heteroatoms. The average molecular weight is 638 g/mol. The molecule has 3 nitrogen and oxygen atoms in total. The molecule has 0 amide bonds. The van der Waals surface area contributed by atoms with E-state index in [0.29, 0.717) is 36.4 Å². The van der Waals surface area contributed by atoms with Crippen LogP contribution >= 0.6 is 0 Å². The highest BCUT2D eigenvalue weighted by Crippen LogP contribution is 2.37. The van der Waals surface area contributed by atoms with Gasteiger partial charge in [0.1, 0.15) is 34.7 Å². The van der Waals surface area contributed by atoms with Crippen LogP contribution in [-0.4, -0.2) is 7.32 Å². The van der Waals surface area contributed by atoms with Crippen molar-refractivity contribution in [1.29, 1.82) is 0 Å². The van der Waals surface area contributed by atoms with Crippen molar-refractivity contribution in [2.24, 2.45) is 0 Å². The van der Waals surface area contributed by atoms with Gasteiger partial charge in [-0.25, -0.2) is 48.3 Å². The Kier molecular flexibility index (Phi) is 7.33. The van der Waals surface area contributed by atoms with E-state index in [4.69, 9.17) is 14.0 Å². The van der Waals surface area contributed by atoms with E-state index in [1.165, 1.54) is 0 Å². The van der Waals surface area contributed by atoms with Crippen LogP contribution in [0.1, 0.15) is 0 Å². The van der Waals surface area contributed by atoms with Gasteiger partial charge in [-0.15, -0.1) is 0 Å². The van der Waals surface area contributed by atoms with Gasteiger partial charge in [-0.3, -0.25) is 0 Å². The Morgan fingerprint density at radius 2 is 0.689 bits per heavy atom. The Morgan fingerprint density at radius 3 is 1.11 bits per heavy atom. The van der Waals surface area contributed by atoms with Gasteiger partial charge >= 0.3 is 7.32 Å². The minimum Gasteiger partial charge on any atom is -0.489 e. The van der Waals surface area contributed by atoms with Crippen molar-refractivity contribution in [3.8, 4) is 17.2 Å². The average Bonchev–Trinajstić information content (AvgIpc) is 3.00. The van der Waals surface area contributed by atoms with Crippen molar-refractivity contribution in [2.45, 2.75) is 0 Å². The highest BCUT2D eigenvalue weighted by molar-refractivity contribution is 6.40. The number of hydrogen-bond donors (Lipinski definition) is 0. The normalized spacial score (nSPS) is 11.4. The molecule has 0 fully saturated rings. The van der Waals surface area contributed by atoms with E-state index in [0.717, 1.165) is 24.3 Å². The van der Waals surface area contributed by atoms with Gasteiger partial charge in [0.05, 0.1) is 16.2 Å². The first kappa shape index (κ1) is 29.8. The summed E-state index contributed by atoms with van der Waals surface area (Å²) in [5, 5.41) is -4.83. The second kappa shape index (κ2) is 11.1. The molecular formula is C30H10BF11O3. The van der Waals surface area contributed by atoms with Crippen molar-refractivity contribution < 1.29 is 62.3 Å². The fraction of sp³-hybridized carbons (Fsp3) is 0. The second-order valence-corrected chi connectivity index (χ2v) is 9.38. The standard InChI is InChI=1S/C30H10BF11O3/c32-14-3-6-20(11-1-2-17(35)26(38)23(11)14)43-31(44-21-7-4-15(33)24-12(21)9-18(36)27(39)29(24)41)45-22-8-5-16(34)25-13(22)10-19(37)28(40)30(25)42/h1-10H. The summed E-state index contributed by atoms with van der Waals surface area (Å²) in [6.45, 7) is 0. The maximum Gasteiger partial charge on any atom is 0.864 e. The molecule has 0 saturated carbocycles. The molecule has 6 rings (SSSR count). The van der Waals surface area contributed by atoms with Gasteiger partial charge in [-0.05, 0) is 60.7 Å². The van der Waals surface area contributed by atoms with Gasteiger partial charge < -0.3 is 14.0 Å². The molecule has 0 aliphatic rings. The van der Waals surface area contributed by atoms with Crippen molar-refractivity contribution in [3.05, 3.63) is 125 Å². The smallest absolute Gasteiger partial charge is 0.489 e. The minimum atomic E-state index is -2.30. The summed E-state index contributed by atoms with van der Waals surface area (Å²) in [7, 11) is -2.30. The molecule has 0 aromatic heterocycles. The summed E-state index contributed by atoms with van der Waals surface area (Å²) >= 11 is 0. The van der Waals surface area contributed by atoms with Crippen molar-refractivity contribution >= 4 is 39.6 Å². The second-order valence-electron chi connectivity index (χ2n) is 9.38. The summed E-state index contributed by atoms with van der Waals surface area (Å²) in [5.41, 5.74) is 0. The molecule has 45 heavy (non-hydrogen) atoms. The van der Waals surface area contributed by atoms with Crippen LogP contribution in [0.15, 0.2) is 60.7 Å². The van der Waals surface area contributed by atoms with Crippen molar-refractivity contribution in [2.75, 3.05) is 0 Å². The Bertz CT molecular complexity index is 2090. The lowest BCUT2D eigenvalue weighted by molar-refractivity contribution is 0.311. The minimum absolute atomic E-state index is 0.371. The zero-order valence-corrected chi connectivity index (χ0v) is 21.7. The fourth-order valence-corrected chi connectivity index (χ4v) is 4.69. The summed E-state index contributed by atoms with van der Waals surface area (Å²) in [4.78, 5) is 0. The molecular weight excluding hydrogens is 628 g/mol. The Balaban J connectivity index is 1.53. The largest absolute Gasteiger partial charge is 0.864 e. The van der Waals surface area contributed by atoms with Crippen LogP contribution in [0.4, 0.5) is 48.3 Å². The van der Waals surface area contributed by atoms with Gasteiger partial charge in [-0.1, -0.05) is 0 Å². The summed E-state index contributed by atoms with van der Waals surface area (Å²) in [6.07, 6.45) is 0. The molecule has 0 heterocycles. The van der Waals surface area contributed by atoms with Gasteiger partial charge in [0.15, 0.2) is 46.5 Å². The SMILES string of the molecule is Fc1cc2c(OB(Oc3ccc(F)c4c(F)c(F)ccc34)Oc3ccc(F)c4c(F)c(F)c(F)cc34)ccc(F)c2c(F)c1F. The Morgan fingerprint density at radius 1 is 0.333 bits per heavy atom. The molecule has 6 aromatic rings. The first-order valence-corrected chi connectivity index (χ1v) is 12.4. The van der Waals surface area contributed by atoms with Gasteiger partial charge in [0, 0.05) is 16.2 Å². The molecule has 0 aliphatic carbocycles. The van der Waals surface area contributed by atoms with Crippen LogP contribution < -0.4 is 14.0 Å². The fourth-order valence-electron chi connectivity index (χ4n) is 4.69. The molecule has 0 N–H and O–H groups in total. The zero-order valence-electron chi connectivity index (χ0n) is 21.7. The molecule has 0 radical (unpaired) electrons. The third-order valence-electron chi connectivity index (χ3n) is 6.74. The quantitative estimate of drug-likeness (QED) is 0.104. The predicted molar refractivity (Wildman–Crippen MR) is 139 cm³/mol. The lowest BCUT2D eigenvalue weighted by Crippen LogP contribution is -2.37. The van der Waals surface area contributed by atoms with Crippen LogP contribution in [0.5, 0.6) is 17.2 Å². The molecule has 0 bridgehead atoms. The molecule has 0 spiro atoms. The van der Waals surface area contributed by atoms with Crippen LogP contribution in [-0.2, 0) is 0 Å². The lowest BCUT2D eigenvalue weighted by atomic mass is 10.0. The van der Waals surface area contributed by atoms with Crippen LogP contribution in [0.2, 0.25) is 0 Å². The number of halogens is 11. The molecule has 0 atom stereocenters. The van der Waals surface area contributed by atoms with Crippen LogP contribution in [0.3, 0.4) is 0 Å². The summed E-state index contributed by atoms with van der Waals surface area (Å²) < 4.78 is 174. The molecule has 228 valence electrons. The van der Waals surface area contributed by atoms with E-state index in [1.807, 2.05) is 0 Å². The van der Waals surface area contributed by atoms with E-state index in [9.17, 15) is 48.3 Å².